The van der Waals surface area contributed by atoms with Crippen molar-refractivity contribution in [1.82, 2.24) is 4.98 Å². The Hall–Kier alpha value is -0.610. The molecule has 1 unspecified atom stereocenters. The van der Waals surface area contributed by atoms with Crippen molar-refractivity contribution >= 4 is 21.7 Å². The van der Waals surface area contributed by atoms with Gasteiger partial charge in [-0.1, -0.05) is 0 Å². The quantitative estimate of drug-likeness (QED) is 0.784. The Balaban J connectivity index is 2.21. The molecule has 1 aromatic rings. The monoisotopic (exact) mass is 270 g/mol. The Bertz CT molecular complexity index is 356. The number of pyridine rings is 1. The number of anilines is 1. The average Bonchev–Trinajstić information content (AvgIpc) is 2.17. The molecule has 0 aromatic carbocycles. The minimum absolute atomic E-state index is 0.295. The molecule has 0 saturated carbocycles. The van der Waals surface area contributed by atoms with E-state index in [2.05, 4.69) is 45.7 Å². The molecule has 1 saturated heterocycles. The maximum Gasteiger partial charge on any atom is 0.131 e. The van der Waals surface area contributed by atoms with Crippen LogP contribution >= 0.6 is 15.9 Å². The lowest BCUT2D eigenvalue weighted by molar-refractivity contribution is 0.0529. The van der Waals surface area contributed by atoms with E-state index in [9.17, 15) is 0 Å². The number of nitrogens with zero attached hydrogens (tertiary/aromatic N) is 2. The van der Waals surface area contributed by atoms with E-state index in [1.54, 1.807) is 0 Å². The van der Waals surface area contributed by atoms with Gasteiger partial charge in [0.05, 0.1) is 12.7 Å². The number of rotatable bonds is 1. The van der Waals surface area contributed by atoms with Gasteiger partial charge in [0.25, 0.3) is 0 Å². The van der Waals surface area contributed by atoms with Gasteiger partial charge in [-0.2, -0.15) is 0 Å². The molecule has 4 heteroatoms. The first-order chi connectivity index (χ1) is 7.16. The maximum atomic E-state index is 5.51. The van der Waals surface area contributed by atoms with Crippen molar-refractivity contribution in [2.24, 2.45) is 0 Å². The molecule has 0 radical (unpaired) electrons. The number of hydrogen-bond acceptors (Lipinski definition) is 3. The maximum absolute atomic E-state index is 5.51. The zero-order valence-corrected chi connectivity index (χ0v) is 10.6. The third-order valence-corrected chi connectivity index (χ3v) is 2.99. The zero-order chi connectivity index (χ0) is 10.8. The molecule has 1 atom stereocenters. The topological polar surface area (TPSA) is 25.4 Å². The molecule has 2 rings (SSSR count). The van der Waals surface area contributed by atoms with Crippen LogP contribution < -0.4 is 4.90 Å². The van der Waals surface area contributed by atoms with Gasteiger partial charge in [-0.3, -0.25) is 0 Å². The van der Waals surface area contributed by atoms with E-state index in [1.807, 2.05) is 6.20 Å². The van der Waals surface area contributed by atoms with Crippen LogP contribution in [0.4, 0.5) is 5.82 Å². The van der Waals surface area contributed by atoms with Crippen LogP contribution in [-0.4, -0.2) is 30.8 Å². The molecule has 1 fully saturated rings. The molecule has 3 nitrogen and oxygen atoms in total. The van der Waals surface area contributed by atoms with E-state index in [4.69, 9.17) is 4.74 Å². The summed E-state index contributed by atoms with van der Waals surface area (Å²) in [4.78, 5) is 6.75. The van der Waals surface area contributed by atoms with E-state index in [0.29, 0.717) is 6.10 Å². The highest BCUT2D eigenvalue weighted by atomic mass is 79.9. The molecule has 15 heavy (non-hydrogen) atoms. The van der Waals surface area contributed by atoms with E-state index < -0.39 is 0 Å². The van der Waals surface area contributed by atoms with Gasteiger partial charge < -0.3 is 9.64 Å². The summed E-state index contributed by atoms with van der Waals surface area (Å²) in [6.45, 7) is 6.83. The molecule has 1 aromatic heterocycles. The SMILES string of the molecule is Cc1cc(Br)cnc1N1CCOC(C)C1. The molecule has 82 valence electrons. The Morgan fingerprint density at radius 2 is 2.40 bits per heavy atom. The van der Waals surface area contributed by atoms with Crippen molar-refractivity contribution in [3.8, 4) is 0 Å². The molecule has 0 amide bonds. The van der Waals surface area contributed by atoms with Crippen molar-refractivity contribution in [1.29, 1.82) is 0 Å². The highest BCUT2D eigenvalue weighted by molar-refractivity contribution is 9.10. The zero-order valence-electron chi connectivity index (χ0n) is 9.03. The van der Waals surface area contributed by atoms with Gasteiger partial charge in [-0.05, 0) is 41.4 Å². The Kier molecular flexibility index (Phi) is 3.26. The van der Waals surface area contributed by atoms with Crippen LogP contribution in [0.3, 0.4) is 0 Å². The molecule has 0 aliphatic carbocycles. The number of ether oxygens (including phenoxy) is 1. The molecule has 0 bridgehead atoms. The first kappa shape index (κ1) is 10.9. The van der Waals surface area contributed by atoms with Crippen molar-refractivity contribution in [3.63, 3.8) is 0 Å². The van der Waals surface area contributed by atoms with Gasteiger partial charge in [0, 0.05) is 23.8 Å². The highest BCUT2D eigenvalue weighted by Gasteiger charge is 2.19. The van der Waals surface area contributed by atoms with Gasteiger partial charge in [-0.25, -0.2) is 4.98 Å². The third-order valence-electron chi connectivity index (χ3n) is 2.56. The first-order valence-corrected chi connectivity index (χ1v) is 5.95. The number of aromatic nitrogens is 1. The lowest BCUT2D eigenvalue weighted by atomic mass is 10.2. The van der Waals surface area contributed by atoms with Crippen LogP contribution in [0.15, 0.2) is 16.7 Å². The first-order valence-electron chi connectivity index (χ1n) is 5.15. The summed E-state index contributed by atoms with van der Waals surface area (Å²) in [5, 5.41) is 0. The van der Waals surface area contributed by atoms with Gasteiger partial charge in [0.2, 0.25) is 0 Å². The minimum Gasteiger partial charge on any atom is -0.375 e. The lowest BCUT2D eigenvalue weighted by Crippen LogP contribution is -2.41. The summed E-state index contributed by atoms with van der Waals surface area (Å²) in [6, 6.07) is 2.10. The summed E-state index contributed by atoms with van der Waals surface area (Å²) in [5.41, 5.74) is 1.21. The fourth-order valence-electron chi connectivity index (χ4n) is 1.88. The van der Waals surface area contributed by atoms with E-state index in [0.717, 1.165) is 30.0 Å². The second-order valence-corrected chi connectivity index (χ2v) is 4.84. The largest absolute Gasteiger partial charge is 0.375 e. The van der Waals surface area contributed by atoms with Crippen LogP contribution in [0.5, 0.6) is 0 Å². The van der Waals surface area contributed by atoms with Crippen LogP contribution in [-0.2, 0) is 4.74 Å². The highest BCUT2D eigenvalue weighted by Crippen LogP contribution is 2.22. The smallest absolute Gasteiger partial charge is 0.131 e. The molecule has 2 heterocycles. The minimum atomic E-state index is 0.295. The molecule has 0 N–H and O–H groups in total. The van der Waals surface area contributed by atoms with Crippen LogP contribution in [0.25, 0.3) is 0 Å². The fraction of sp³-hybridized carbons (Fsp3) is 0.545. The average molecular weight is 271 g/mol. The standard InChI is InChI=1S/C11H15BrN2O/c1-8-5-10(12)6-13-11(8)14-3-4-15-9(2)7-14/h5-6,9H,3-4,7H2,1-2H3. The number of hydrogen-bond donors (Lipinski definition) is 0. The third kappa shape index (κ3) is 2.49. The van der Waals surface area contributed by atoms with Crippen LogP contribution in [0, 0.1) is 6.92 Å². The van der Waals surface area contributed by atoms with Gasteiger partial charge >= 0.3 is 0 Å². The Morgan fingerprint density at radius 3 is 3.07 bits per heavy atom. The summed E-state index contributed by atoms with van der Waals surface area (Å²) < 4.78 is 6.55. The van der Waals surface area contributed by atoms with Crippen LogP contribution in [0.1, 0.15) is 12.5 Å². The normalized spacial score (nSPS) is 21.8. The summed E-state index contributed by atoms with van der Waals surface area (Å²) in [5.74, 6) is 1.08. The summed E-state index contributed by atoms with van der Waals surface area (Å²) >= 11 is 3.43. The van der Waals surface area contributed by atoms with E-state index >= 15 is 0 Å². The fourth-order valence-corrected chi connectivity index (χ4v) is 2.32. The summed E-state index contributed by atoms with van der Waals surface area (Å²) in [7, 11) is 0. The second kappa shape index (κ2) is 4.49. The van der Waals surface area contributed by atoms with E-state index in [1.165, 1.54) is 5.56 Å². The predicted molar refractivity (Wildman–Crippen MR) is 64.3 cm³/mol. The Morgan fingerprint density at radius 1 is 1.60 bits per heavy atom. The molecular formula is C11H15BrN2O. The Labute approximate surface area is 98.6 Å². The molecular weight excluding hydrogens is 256 g/mol. The van der Waals surface area contributed by atoms with Crippen molar-refractivity contribution in [3.05, 3.63) is 22.3 Å². The van der Waals surface area contributed by atoms with Crippen LogP contribution in [0.2, 0.25) is 0 Å². The van der Waals surface area contributed by atoms with Crippen molar-refractivity contribution in [2.45, 2.75) is 20.0 Å². The van der Waals surface area contributed by atoms with Crippen molar-refractivity contribution in [2.75, 3.05) is 24.6 Å². The second-order valence-electron chi connectivity index (χ2n) is 3.92. The lowest BCUT2D eigenvalue weighted by Gasteiger charge is -2.32. The van der Waals surface area contributed by atoms with Gasteiger partial charge in [0.1, 0.15) is 5.82 Å². The number of aryl methyl sites for hydroxylation is 1. The van der Waals surface area contributed by atoms with E-state index in [-0.39, 0.29) is 0 Å². The molecule has 0 spiro atoms. The van der Waals surface area contributed by atoms with Gasteiger partial charge in [0.15, 0.2) is 0 Å². The van der Waals surface area contributed by atoms with Gasteiger partial charge in [-0.15, -0.1) is 0 Å². The number of halogens is 1. The van der Waals surface area contributed by atoms with Crippen molar-refractivity contribution < 1.29 is 4.74 Å². The molecule has 1 aliphatic heterocycles. The summed E-state index contributed by atoms with van der Waals surface area (Å²) in [6.07, 6.45) is 2.14. The molecule has 1 aliphatic rings. The number of morpholine rings is 1. The predicted octanol–water partition coefficient (Wildman–Crippen LogP) is 2.38.